The van der Waals surface area contributed by atoms with Crippen LogP contribution in [0.5, 0.6) is 0 Å². The summed E-state index contributed by atoms with van der Waals surface area (Å²) in [6.45, 7) is 0. The Morgan fingerprint density at radius 2 is 0.686 bits per heavy atom. The van der Waals surface area contributed by atoms with Crippen LogP contribution in [0.1, 0.15) is 0 Å². The lowest BCUT2D eigenvalue weighted by atomic mass is 9.98. The first kappa shape index (κ1) is 29.6. The van der Waals surface area contributed by atoms with Crippen molar-refractivity contribution in [3.63, 3.8) is 0 Å². The lowest BCUT2D eigenvalue weighted by Gasteiger charge is -2.26. The highest BCUT2D eigenvalue weighted by Gasteiger charge is 2.16. The zero-order chi connectivity index (χ0) is 33.7. The van der Waals surface area contributed by atoms with Crippen molar-refractivity contribution in [3.05, 3.63) is 163 Å². The van der Waals surface area contributed by atoms with Crippen molar-refractivity contribution < 1.29 is 0 Å². The van der Waals surface area contributed by atoms with Gasteiger partial charge in [-0.2, -0.15) is 0 Å². The van der Waals surface area contributed by atoms with Gasteiger partial charge in [0.1, 0.15) is 21.0 Å². The average molecular weight is 690 g/mol. The summed E-state index contributed by atoms with van der Waals surface area (Å²) in [5, 5.41) is 28.0. The van der Waals surface area contributed by atoms with Gasteiger partial charge >= 0.3 is 0 Å². The first-order valence-corrected chi connectivity index (χ1v) is 18.4. The summed E-state index contributed by atoms with van der Waals surface area (Å²) in [6.07, 6.45) is 0. The highest BCUT2D eigenvalue weighted by molar-refractivity contribution is 7.13. The van der Waals surface area contributed by atoms with E-state index < -0.39 is 0 Å². The molecular formula is C44H27N5S2. The van der Waals surface area contributed by atoms with E-state index in [0.717, 1.165) is 59.7 Å². The number of rotatable bonds is 6. The Kier molecular flexibility index (Phi) is 7.11. The van der Waals surface area contributed by atoms with E-state index >= 15 is 0 Å². The first-order valence-electron chi connectivity index (χ1n) is 16.7. The molecule has 10 aromatic rings. The zero-order valence-corrected chi connectivity index (χ0v) is 28.8. The topological polar surface area (TPSA) is 54.8 Å². The Hall–Kier alpha value is -6.28. The third-order valence-corrected chi connectivity index (χ3v) is 11.0. The van der Waals surface area contributed by atoms with E-state index in [9.17, 15) is 0 Å². The molecular weight excluding hydrogens is 663 g/mol. The Morgan fingerprint density at radius 3 is 1.14 bits per heavy atom. The Morgan fingerprint density at radius 1 is 0.333 bits per heavy atom. The number of anilines is 3. The molecule has 5 nitrogen and oxygen atoms in total. The molecule has 0 atom stereocenters. The Labute approximate surface area is 301 Å². The van der Waals surface area contributed by atoms with Gasteiger partial charge in [0.2, 0.25) is 0 Å². The van der Waals surface area contributed by atoms with Gasteiger partial charge in [0.05, 0.1) is 0 Å². The van der Waals surface area contributed by atoms with Crippen molar-refractivity contribution in [3.8, 4) is 32.3 Å². The molecule has 0 spiro atoms. The van der Waals surface area contributed by atoms with Gasteiger partial charge in [-0.15, -0.1) is 20.4 Å². The lowest BCUT2D eigenvalue weighted by molar-refractivity contribution is 1.10. The van der Waals surface area contributed by atoms with E-state index in [1.807, 2.05) is 0 Å². The molecule has 0 saturated carbocycles. The Balaban J connectivity index is 1.08. The van der Waals surface area contributed by atoms with E-state index in [-0.39, 0.29) is 0 Å². The van der Waals surface area contributed by atoms with Crippen LogP contribution < -0.4 is 4.90 Å². The predicted molar refractivity (Wildman–Crippen MR) is 214 cm³/mol. The molecule has 0 saturated heterocycles. The molecule has 0 fully saturated rings. The average Bonchev–Trinajstić information content (AvgIpc) is 3.94. The van der Waals surface area contributed by atoms with Crippen molar-refractivity contribution in [2.24, 2.45) is 0 Å². The van der Waals surface area contributed by atoms with Crippen LogP contribution in [0.4, 0.5) is 17.1 Å². The number of nitrogens with zero attached hydrogens (tertiary/aromatic N) is 5. The molecule has 0 aliphatic heterocycles. The summed E-state index contributed by atoms with van der Waals surface area (Å²) in [4.78, 5) is 2.35. The summed E-state index contributed by atoms with van der Waals surface area (Å²) >= 11 is 3.10. The van der Waals surface area contributed by atoms with E-state index in [2.05, 4.69) is 177 Å². The maximum atomic E-state index is 4.28. The van der Waals surface area contributed by atoms with Crippen molar-refractivity contribution in [2.45, 2.75) is 0 Å². The predicted octanol–water partition coefficient (Wildman–Crippen LogP) is 12.5. The van der Waals surface area contributed by atoms with Crippen LogP contribution in [0.3, 0.4) is 0 Å². The van der Waals surface area contributed by atoms with Crippen LogP contribution in [0, 0.1) is 0 Å². The molecule has 8 aromatic carbocycles. The summed E-state index contributed by atoms with van der Waals surface area (Å²) in [5.74, 6) is 0. The minimum atomic E-state index is 0.924. The maximum absolute atomic E-state index is 4.28. The molecule has 51 heavy (non-hydrogen) atoms. The van der Waals surface area contributed by atoms with Gasteiger partial charge in [-0.1, -0.05) is 114 Å². The maximum Gasteiger partial charge on any atom is 0.147 e. The molecule has 0 amide bonds. The van der Waals surface area contributed by atoms with Crippen LogP contribution in [0.2, 0.25) is 0 Å². The molecule has 0 bridgehead atoms. The third kappa shape index (κ3) is 5.49. The molecule has 0 unspecified atom stereocenters. The van der Waals surface area contributed by atoms with Gasteiger partial charge in [0, 0.05) is 28.2 Å². The second kappa shape index (κ2) is 12.2. The number of benzene rings is 8. The fraction of sp³-hybridized carbons (Fsp3) is 0. The molecule has 0 aliphatic rings. The van der Waals surface area contributed by atoms with Crippen molar-refractivity contribution >= 4 is 82.8 Å². The van der Waals surface area contributed by atoms with Gasteiger partial charge < -0.3 is 4.90 Å². The number of fused-ring (bicyclic) bond motifs is 4. The van der Waals surface area contributed by atoms with E-state index in [0.29, 0.717) is 0 Å². The SMILES string of the molecule is c1ccc2cc(-c3ccc4cc(N(c5ccc6cc(-c7nncs7)ccc6c5)c5ccc6cc(-c7nncs7)ccc6c5)ccc4c3)ccc2c1. The minimum Gasteiger partial charge on any atom is -0.310 e. The van der Waals surface area contributed by atoms with Gasteiger partial charge in [-0.3, -0.25) is 0 Å². The van der Waals surface area contributed by atoms with Gasteiger partial charge in [0.25, 0.3) is 0 Å². The fourth-order valence-corrected chi connectivity index (χ4v) is 8.08. The van der Waals surface area contributed by atoms with Gasteiger partial charge in [-0.25, -0.2) is 0 Å². The quantitative estimate of drug-likeness (QED) is 0.174. The van der Waals surface area contributed by atoms with Gasteiger partial charge in [-0.05, 0) is 115 Å². The Bertz CT molecular complexity index is 2760. The molecule has 0 N–H and O–H groups in total. The van der Waals surface area contributed by atoms with Crippen molar-refractivity contribution in [1.82, 2.24) is 20.4 Å². The molecule has 0 aliphatic carbocycles. The second-order valence-corrected chi connectivity index (χ2v) is 14.3. The highest BCUT2D eigenvalue weighted by Crippen LogP contribution is 2.40. The lowest BCUT2D eigenvalue weighted by Crippen LogP contribution is -2.10. The number of hydrogen-bond donors (Lipinski definition) is 0. The fourth-order valence-electron chi connectivity index (χ4n) is 6.98. The van der Waals surface area contributed by atoms with Crippen LogP contribution in [-0.4, -0.2) is 20.4 Å². The first-order chi connectivity index (χ1) is 25.2. The van der Waals surface area contributed by atoms with Gasteiger partial charge in [0.15, 0.2) is 0 Å². The van der Waals surface area contributed by atoms with Crippen LogP contribution in [0.15, 0.2) is 163 Å². The summed E-state index contributed by atoms with van der Waals surface area (Å²) in [7, 11) is 0. The molecule has 2 heterocycles. The van der Waals surface area contributed by atoms with Crippen molar-refractivity contribution in [1.29, 1.82) is 0 Å². The minimum absolute atomic E-state index is 0.924. The standard InChI is InChI=1S/C44H27N5S2/c1-2-4-29-19-30(6-5-28(29)3-1)31-7-8-35-23-40(16-13-32(35)20-31)49(41-17-14-33-21-38(11-9-36(33)24-41)43-47-45-26-50-43)42-18-15-34-22-39(12-10-37(34)25-42)44-48-46-27-51-44/h1-27H. The summed E-state index contributed by atoms with van der Waals surface area (Å²) in [5.41, 5.74) is 11.4. The highest BCUT2D eigenvalue weighted by atomic mass is 32.1. The largest absolute Gasteiger partial charge is 0.310 e. The summed E-state index contributed by atoms with van der Waals surface area (Å²) in [6, 6.07) is 55.1. The van der Waals surface area contributed by atoms with Crippen LogP contribution >= 0.6 is 22.7 Å². The molecule has 10 rings (SSSR count). The molecule has 240 valence electrons. The van der Waals surface area contributed by atoms with E-state index in [1.54, 1.807) is 33.7 Å². The molecule has 0 radical (unpaired) electrons. The monoisotopic (exact) mass is 689 g/mol. The van der Waals surface area contributed by atoms with Crippen molar-refractivity contribution in [2.75, 3.05) is 4.90 Å². The van der Waals surface area contributed by atoms with E-state index in [4.69, 9.17) is 0 Å². The smallest absolute Gasteiger partial charge is 0.147 e. The zero-order valence-electron chi connectivity index (χ0n) is 27.1. The number of hydrogen-bond acceptors (Lipinski definition) is 7. The molecule has 2 aromatic heterocycles. The van der Waals surface area contributed by atoms with Crippen LogP contribution in [0.25, 0.3) is 75.4 Å². The summed E-state index contributed by atoms with van der Waals surface area (Å²) < 4.78 is 0. The molecule has 7 heteroatoms. The number of aromatic nitrogens is 4. The normalized spacial score (nSPS) is 11.5. The van der Waals surface area contributed by atoms with E-state index in [1.165, 1.54) is 32.7 Å². The third-order valence-electron chi connectivity index (χ3n) is 9.54. The second-order valence-electron chi connectivity index (χ2n) is 12.6. The van der Waals surface area contributed by atoms with Crippen LogP contribution in [-0.2, 0) is 0 Å².